The maximum Gasteiger partial charge on any atom is 0.191 e. The molecule has 0 saturated heterocycles. The number of benzene rings is 1. The largest absolute Gasteiger partial charge is 0.496 e. The first kappa shape index (κ1) is 22.0. The Morgan fingerprint density at radius 3 is 2.60 bits per heavy atom. The molecule has 0 aromatic heterocycles. The highest BCUT2D eigenvalue weighted by molar-refractivity contribution is 14.0. The number of nitrogens with zero attached hydrogens (tertiary/aromatic N) is 2. The number of ether oxygens (including phenoxy) is 1. The van der Waals surface area contributed by atoms with Crippen LogP contribution < -0.4 is 15.4 Å². The molecular formula is C19H33IN4O. The molecule has 0 atom stereocenters. The number of likely N-dealkylation sites (N-methyl/N-ethyl adjacent to an activating group) is 1. The normalized spacial score (nSPS) is 14.2. The summed E-state index contributed by atoms with van der Waals surface area (Å²) in [7, 11) is 3.54. The van der Waals surface area contributed by atoms with E-state index in [4.69, 9.17) is 4.74 Å². The van der Waals surface area contributed by atoms with Gasteiger partial charge in [-0.1, -0.05) is 24.6 Å². The molecular weight excluding hydrogens is 427 g/mol. The number of aryl methyl sites for hydroxylation is 1. The Morgan fingerprint density at radius 2 is 2.00 bits per heavy atom. The Labute approximate surface area is 169 Å². The van der Waals surface area contributed by atoms with E-state index in [9.17, 15) is 0 Å². The number of methoxy groups -OCH3 is 1. The van der Waals surface area contributed by atoms with Crippen LogP contribution in [0.25, 0.3) is 0 Å². The van der Waals surface area contributed by atoms with Crippen molar-refractivity contribution in [3.63, 3.8) is 0 Å². The molecule has 25 heavy (non-hydrogen) atoms. The van der Waals surface area contributed by atoms with Gasteiger partial charge in [-0.05, 0) is 44.4 Å². The SMILES string of the molecule is CCN(CCNC(=NC)NCCc1cc(C)ccc1OC)C1CC1.I. The topological polar surface area (TPSA) is 48.9 Å². The number of guanidine groups is 1. The highest BCUT2D eigenvalue weighted by Crippen LogP contribution is 2.25. The molecule has 0 heterocycles. The highest BCUT2D eigenvalue weighted by Gasteiger charge is 2.27. The van der Waals surface area contributed by atoms with Crippen LogP contribution in [0.5, 0.6) is 5.75 Å². The minimum absolute atomic E-state index is 0. The summed E-state index contributed by atoms with van der Waals surface area (Å²) in [6.45, 7) is 8.31. The van der Waals surface area contributed by atoms with Crippen LogP contribution in [0.2, 0.25) is 0 Å². The van der Waals surface area contributed by atoms with Crippen molar-refractivity contribution < 1.29 is 4.74 Å². The molecule has 2 N–H and O–H groups in total. The predicted molar refractivity (Wildman–Crippen MR) is 116 cm³/mol. The number of aliphatic imine (C=N–C) groups is 1. The second-order valence-electron chi connectivity index (χ2n) is 6.35. The minimum Gasteiger partial charge on any atom is -0.496 e. The summed E-state index contributed by atoms with van der Waals surface area (Å²) in [6, 6.07) is 7.12. The van der Waals surface area contributed by atoms with E-state index in [0.29, 0.717) is 0 Å². The van der Waals surface area contributed by atoms with E-state index in [1.807, 2.05) is 13.1 Å². The third-order valence-corrected chi connectivity index (χ3v) is 4.51. The summed E-state index contributed by atoms with van der Waals surface area (Å²) in [6.07, 6.45) is 3.63. The summed E-state index contributed by atoms with van der Waals surface area (Å²) in [5, 5.41) is 6.80. The van der Waals surface area contributed by atoms with Gasteiger partial charge >= 0.3 is 0 Å². The van der Waals surface area contributed by atoms with Crippen molar-refractivity contribution in [3.05, 3.63) is 29.3 Å². The smallest absolute Gasteiger partial charge is 0.191 e. The Bertz CT molecular complexity index is 546. The summed E-state index contributed by atoms with van der Waals surface area (Å²) >= 11 is 0. The zero-order chi connectivity index (χ0) is 17.4. The zero-order valence-corrected chi connectivity index (χ0v) is 18.3. The van der Waals surface area contributed by atoms with Crippen LogP contribution in [0.15, 0.2) is 23.2 Å². The van der Waals surface area contributed by atoms with E-state index in [2.05, 4.69) is 46.5 Å². The van der Waals surface area contributed by atoms with Crippen molar-refractivity contribution in [3.8, 4) is 5.75 Å². The van der Waals surface area contributed by atoms with E-state index in [0.717, 1.165) is 50.4 Å². The molecule has 1 aliphatic carbocycles. The van der Waals surface area contributed by atoms with Gasteiger partial charge in [0.1, 0.15) is 5.75 Å². The zero-order valence-electron chi connectivity index (χ0n) is 16.0. The molecule has 5 nitrogen and oxygen atoms in total. The van der Waals surface area contributed by atoms with Gasteiger partial charge in [-0.25, -0.2) is 0 Å². The molecule has 6 heteroatoms. The molecule has 1 saturated carbocycles. The fraction of sp³-hybridized carbons (Fsp3) is 0.632. The lowest BCUT2D eigenvalue weighted by molar-refractivity contribution is 0.282. The maximum absolute atomic E-state index is 5.44. The van der Waals surface area contributed by atoms with Crippen molar-refractivity contribution in [1.82, 2.24) is 15.5 Å². The maximum atomic E-state index is 5.44. The van der Waals surface area contributed by atoms with Gasteiger partial charge in [0.2, 0.25) is 0 Å². The molecule has 1 fully saturated rings. The van der Waals surface area contributed by atoms with Gasteiger partial charge in [-0.15, -0.1) is 24.0 Å². The molecule has 142 valence electrons. The Balaban J connectivity index is 0.00000312. The summed E-state index contributed by atoms with van der Waals surface area (Å²) < 4.78 is 5.44. The Morgan fingerprint density at radius 1 is 1.28 bits per heavy atom. The van der Waals surface area contributed by atoms with E-state index in [-0.39, 0.29) is 24.0 Å². The molecule has 1 aromatic carbocycles. The molecule has 2 rings (SSSR count). The van der Waals surface area contributed by atoms with E-state index in [1.54, 1.807) is 7.11 Å². The van der Waals surface area contributed by atoms with Crippen LogP contribution in [0.4, 0.5) is 0 Å². The average molecular weight is 460 g/mol. The van der Waals surface area contributed by atoms with Crippen LogP contribution in [-0.2, 0) is 6.42 Å². The predicted octanol–water partition coefficient (Wildman–Crippen LogP) is 2.81. The van der Waals surface area contributed by atoms with Crippen molar-refractivity contribution in [2.45, 2.75) is 39.2 Å². The first-order valence-electron chi connectivity index (χ1n) is 9.00. The fourth-order valence-corrected chi connectivity index (χ4v) is 3.00. The standard InChI is InChI=1S/C19H32N4O.HI/c1-5-23(17-7-8-17)13-12-22-19(20-3)21-11-10-16-14-15(2)6-9-18(16)24-4;/h6,9,14,17H,5,7-8,10-13H2,1-4H3,(H2,20,21,22);1H. The summed E-state index contributed by atoms with van der Waals surface area (Å²) in [5.41, 5.74) is 2.49. The number of hydrogen-bond donors (Lipinski definition) is 2. The van der Waals surface area contributed by atoms with E-state index >= 15 is 0 Å². The van der Waals surface area contributed by atoms with Crippen LogP contribution >= 0.6 is 24.0 Å². The number of hydrogen-bond acceptors (Lipinski definition) is 3. The monoisotopic (exact) mass is 460 g/mol. The van der Waals surface area contributed by atoms with Gasteiger partial charge in [0, 0.05) is 32.7 Å². The first-order chi connectivity index (χ1) is 11.7. The van der Waals surface area contributed by atoms with Crippen LogP contribution in [0.3, 0.4) is 0 Å². The van der Waals surface area contributed by atoms with Crippen LogP contribution in [0, 0.1) is 6.92 Å². The molecule has 0 amide bonds. The summed E-state index contributed by atoms with van der Waals surface area (Å²) in [5.74, 6) is 1.82. The third kappa shape index (κ3) is 7.40. The van der Waals surface area contributed by atoms with E-state index < -0.39 is 0 Å². The number of nitrogens with one attached hydrogen (secondary N) is 2. The van der Waals surface area contributed by atoms with Crippen LogP contribution in [-0.4, -0.2) is 57.2 Å². The average Bonchev–Trinajstić information content (AvgIpc) is 3.42. The number of halogens is 1. The van der Waals surface area contributed by atoms with Gasteiger partial charge < -0.3 is 15.4 Å². The third-order valence-electron chi connectivity index (χ3n) is 4.51. The lowest BCUT2D eigenvalue weighted by Gasteiger charge is -2.20. The second kappa shape index (κ2) is 11.6. The van der Waals surface area contributed by atoms with Gasteiger partial charge in [0.25, 0.3) is 0 Å². The van der Waals surface area contributed by atoms with Crippen LogP contribution in [0.1, 0.15) is 30.9 Å². The number of rotatable bonds is 9. The minimum atomic E-state index is 0. The molecule has 1 aromatic rings. The molecule has 0 spiro atoms. The molecule has 0 unspecified atom stereocenters. The van der Waals surface area contributed by atoms with Crippen molar-refractivity contribution in [2.24, 2.45) is 4.99 Å². The molecule has 0 aliphatic heterocycles. The molecule has 1 aliphatic rings. The highest BCUT2D eigenvalue weighted by atomic mass is 127. The molecule has 0 radical (unpaired) electrons. The first-order valence-corrected chi connectivity index (χ1v) is 9.00. The van der Waals surface area contributed by atoms with Gasteiger partial charge in [0.15, 0.2) is 5.96 Å². The van der Waals surface area contributed by atoms with Crippen molar-refractivity contribution in [2.75, 3.05) is 40.3 Å². The fourth-order valence-electron chi connectivity index (χ4n) is 3.00. The second-order valence-corrected chi connectivity index (χ2v) is 6.35. The summed E-state index contributed by atoms with van der Waals surface area (Å²) in [4.78, 5) is 6.85. The van der Waals surface area contributed by atoms with Crippen molar-refractivity contribution >= 4 is 29.9 Å². The lowest BCUT2D eigenvalue weighted by atomic mass is 10.1. The van der Waals surface area contributed by atoms with Gasteiger partial charge in [-0.3, -0.25) is 9.89 Å². The Kier molecular flexibility index (Phi) is 10.2. The Hall–Kier alpha value is -1.02. The van der Waals surface area contributed by atoms with Gasteiger partial charge in [-0.2, -0.15) is 0 Å². The quantitative estimate of drug-likeness (QED) is 0.338. The van der Waals surface area contributed by atoms with Crippen molar-refractivity contribution in [1.29, 1.82) is 0 Å². The van der Waals surface area contributed by atoms with Gasteiger partial charge in [0.05, 0.1) is 7.11 Å². The molecule has 0 bridgehead atoms. The lowest BCUT2D eigenvalue weighted by Crippen LogP contribution is -2.42. The van der Waals surface area contributed by atoms with E-state index in [1.165, 1.54) is 24.0 Å².